The fourth-order valence-electron chi connectivity index (χ4n) is 2.42. The van der Waals surface area contributed by atoms with Crippen LogP contribution in [0.2, 0.25) is 0 Å². The van der Waals surface area contributed by atoms with Crippen molar-refractivity contribution in [2.45, 2.75) is 25.4 Å². The first kappa shape index (κ1) is 12.3. The van der Waals surface area contributed by atoms with Gasteiger partial charge in [-0.25, -0.2) is 4.98 Å². The Balaban J connectivity index is 2.09. The predicted molar refractivity (Wildman–Crippen MR) is 71.1 cm³/mol. The molecule has 0 saturated carbocycles. The summed E-state index contributed by atoms with van der Waals surface area (Å²) in [6.45, 7) is 2.90. The first-order chi connectivity index (χ1) is 8.20. The highest BCUT2D eigenvalue weighted by Gasteiger charge is 2.21. The minimum Gasteiger partial charge on any atom is -0.355 e. The van der Waals surface area contributed by atoms with Crippen LogP contribution >= 0.6 is 0 Å². The fourth-order valence-corrected chi connectivity index (χ4v) is 2.42. The van der Waals surface area contributed by atoms with Crippen molar-refractivity contribution in [2.24, 2.45) is 5.73 Å². The van der Waals surface area contributed by atoms with Crippen molar-refractivity contribution >= 4 is 5.82 Å². The van der Waals surface area contributed by atoms with Gasteiger partial charge in [-0.2, -0.15) is 0 Å². The van der Waals surface area contributed by atoms with Crippen molar-refractivity contribution in [2.75, 3.05) is 32.1 Å². The smallest absolute Gasteiger partial charge is 0.128 e. The maximum absolute atomic E-state index is 5.66. The van der Waals surface area contributed by atoms with Crippen LogP contribution in [0, 0.1) is 0 Å². The average Bonchev–Trinajstić information content (AvgIpc) is 2.38. The number of rotatable bonds is 3. The monoisotopic (exact) mass is 234 g/mol. The minimum atomic E-state index is 0.564. The van der Waals surface area contributed by atoms with Crippen molar-refractivity contribution < 1.29 is 0 Å². The topological polar surface area (TPSA) is 45.4 Å². The Labute approximate surface area is 103 Å². The largest absolute Gasteiger partial charge is 0.355 e. The van der Waals surface area contributed by atoms with Crippen molar-refractivity contribution in [3.8, 4) is 0 Å². The summed E-state index contributed by atoms with van der Waals surface area (Å²) in [4.78, 5) is 9.11. The zero-order valence-electron chi connectivity index (χ0n) is 10.8. The molecular weight excluding hydrogens is 212 g/mol. The molecule has 2 N–H and O–H groups in total. The Kier molecular flexibility index (Phi) is 3.97. The van der Waals surface area contributed by atoms with Crippen LogP contribution in [0.15, 0.2) is 18.3 Å². The van der Waals surface area contributed by atoms with Crippen LogP contribution in [-0.2, 0) is 6.54 Å². The Hall–Kier alpha value is -1.13. The van der Waals surface area contributed by atoms with E-state index in [2.05, 4.69) is 34.9 Å². The van der Waals surface area contributed by atoms with E-state index in [1.165, 1.54) is 19.4 Å². The number of pyridine rings is 1. The van der Waals surface area contributed by atoms with E-state index in [9.17, 15) is 0 Å². The van der Waals surface area contributed by atoms with Gasteiger partial charge < -0.3 is 15.5 Å². The van der Waals surface area contributed by atoms with Crippen LogP contribution in [0.5, 0.6) is 0 Å². The van der Waals surface area contributed by atoms with Crippen molar-refractivity contribution in [1.29, 1.82) is 0 Å². The molecule has 0 spiro atoms. The first-order valence-electron chi connectivity index (χ1n) is 6.27. The van der Waals surface area contributed by atoms with E-state index in [0.717, 1.165) is 17.9 Å². The summed E-state index contributed by atoms with van der Waals surface area (Å²) in [7, 11) is 4.32. The van der Waals surface area contributed by atoms with Crippen molar-refractivity contribution in [1.82, 2.24) is 9.88 Å². The molecule has 0 aliphatic carbocycles. The van der Waals surface area contributed by atoms with Crippen LogP contribution in [0.3, 0.4) is 0 Å². The lowest BCUT2D eigenvalue weighted by atomic mass is 10.0. The molecule has 1 aromatic rings. The van der Waals surface area contributed by atoms with Crippen LogP contribution < -0.4 is 10.6 Å². The summed E-state index contributed by atoms with van der Waals surface area (Å²) in [6, 6.07) is 4.63. The Morgan fingerprint density at radius 2 is 2.41 bits per heavy atom. The Morgan fingerprint density at radius 1 is 1.59 bits per heavy atom. The second-order valence-electron chi connectivity index (χ2n) is 4.90. The molecule has 0 aromatic carbocycles. The van der Waals surface area contributed by atoms with Gasteiger partial charge in [-0.15, -0.1) is 0 Å². The van der Waals surface area contributed by atoms with Crippen molar-refractivity contribution in [3.05, 3.63) is 23.9 Å². The molecule has 1 aliphatic heterocycles. The van der Waals surface area contributed by atoms with Crippen LogP contribution in [0.4, 0.5) is 5.82 Å². The third kappa shape index (κ3) is 2.96. The number of hydrogen-bond donors (Lipinski definition) is 1. The molecule has 4 heteroatoms. The van der Waals surface area contributed by atoms with E-state index < -0.39 is 0 Å². The van der Waals surface area contributed by atoms with E-state index in [0.29, 0.717) is 12.6 Å². The molecule has 1 fully saturated rings. The van der Waals surface area contributed by atoms with E-state index in [4.69, 9.17) is 5.73 Å². The number of nitrogens with two attached hydrogens (primary N) is 1. The number of aromatic nitrogens is 1. The van der Waals surface area contributed by atoms with Gasteiger partial charge in [0.2, 0.25) is 0 Å². The zero-order valence-corrected chi connectivity index (χ0v) is 10.8. The lowest BCUT2D eigenvalue weighted by Crippen LogP contribution is -2.45. The molecule has 0 radical (unpaired) electrons. The normalized spacial score (nSPS) is 21.5. The van der Waals surface area contributed by atoms with Gasteiger partial charge >= 0.3 is 0 Å². The third-order valence-corrected chi connectivity index (χ3v) is 3.55. The van der Waals surface area contributed by atoms with Gasteiger partial charge in [0.1, 0.15) is 5.82 Å². The van der Waals surface area contributed by atoms with E-state index in [1.54, 1.807) is 0 Å². The Bertz CT molecular complexity index is 366. The summed E-state index contributed by atoms with van der Waals surface area (Å²) in [5.74, 6) is 1.04. The second kappa shape index (κ2) is 5.47. The van der Waals surface area contributed by atoms with Crippen LogP contribution in [0.1, 0.15) is 18.4 Å². The van der Waals surface area contributed by atoms with Crippen molar-refractivity contribution in [3.63, 3.8) is 0 Å². The highest BCUT2D eigenvalue weighted by atomic mass is 15.2. The molecule has 0 bridgehead atoms. The summed E-state index contributed by atoms with van der Waals surface area (Å²) >= 11 is 0. The Morgan fingerprint density at radius 3 is 3.12 bits per heavy atom. The predicted octanol–water partition coefficient (Wildman–Crippen LogP) is 1.07. The number of nitrogens with zero attached hydrogens (tertiary/aromatic N) is 3. The first-order valence-corrected chi connectivity index (χ1v) is 6.27. The van der Waals surface area contributed by atoms with Gasteiger partial charge in [0.25, 0.3) is 0 Å². The van der Waals surface area contributed by atoms with Gasteiger partial charge in [-0.05, 0) is 44.1 Å². The number of hydrogen-bond acceptors (Lipinski definition) is 4. The maximum Gasteiger partial charge on any atom is 0.128 e. The number of anilines is 1. The lowest BCUT2D eigenvalue weighted by Gasteiger charge is -2.36. The second-order valence-corrected chi connectivity index (χ2v) is 4.90. The maximum atomic E-state index is 5.66. The number of likely N-dealkylation sites (N-methyl/N-ethyl adjacent to an activating group) is 2. The zero-order chi connectivity index (χ0) is 12.3. The molecule has 17 heavy (non-hydrogen) atoms. The van der Waals surface area contributed by atoms with E-state index in [1.807, 2.05) is 12.3 Å². The molecule has 1 unspecified atom stereocenters. The quantitative estimate of drug-likeness (QED) is 0.850. The minimum absolute atomic E-state index is 0.564. The standard InChI is InChI=1S/C13H22N4/c1-16-7-3-4-12(10-16)17(2)13-8-11(9-14)5-6-15-13/h5-6,8,12H,3-4,7,9-10,14H2,1-2H3. The van der Waals surface area contributed by atoms with Gasteiger partial charge in [0.05, 0.1) is 0 Å². The fraction of sp³-hybridized carbons (Fsp3) is 0.615. The summed E-state index contributed by atoms with van der Waals surface area (Å²) in [5.41, 5.74) is 6.81. The SMILES string of the molecule is CN1CCCC(N(C)c2cc(CN)ccn2)C1. The molecule has 2 heterocycles. The molecule has 1 aromatic heterocycles. The molecule has 2 rings (SSSR count). The molecule has 0 amide bonds. The van der Waals surface area contributed by atoms with Gasteiger partial charge in [-0.1, -0.05) is 0 Å². The summed E-state index contributed by atoms with van der Waals surface area (Å²) in [6.07, 6.45) is 4.36. The third-order valence-electron chi connectivity index (χ3n) is 3.55. The van der Waals surface area contributed by atoms with Crippen LogP contribution in [0.25, 0.3) is 0 Å². The van der Waals surface area contributed by atoms with Gasteiger partial charge in [0.15, 0.2) is 0 Å². The van der Waals surface area contributed by atoms with E-state index in [-0.39, 0.29) is 0 Å². The summed E-state index contributed by atoms with van der Waals surface area (Å²) < 4.78 is 0. The van der Waals surface area contributed by atoms with Crippen LogP contribution in [-0.4, -0.2) is 43.1 Å². The molecule has 94 valence electrons. The molecule has 4 nitrogen and oxygen atoms in total. The molecular formula is C13H22N4. The number of likely N-dealkylation sites (tertiary alicyclic amines) is 1. The lowest BCUT2D eigenvalue weighted by molar-refractivity contribution is 0.247. The highest BCUT2D eigenvalue weighted by Crippen LogP contribution is 2.19. The highest BCUT2D eigenvalue weighted by molar-refractivity contribution is 5.41. The number of piperidine rings is 1. The average molecular weight is 234 g/mol. The van der Waals surface area contributed by atoms with Gasteiger partial charge in [-0.3, -0.25) is 0 Å². The van der Waals surface area contributed by atoms with E-state index >= 15 is 0 Å². The molecule has 1 aliphatic rings. The van der Waals surface area contributed by atoms with Gasteiger partial charge in [0, 0.05) is 32.4 Å². The molecule has 1 atom stereocenters. The summed E-state index contributed by atoms with van der Waals surface area (Å²) in [5, 5.41) is 0. The molecule has 1 saturated heterocycles.